The van der Waals surface area contributed by atoms with E-state index in [0.717, 1.165) is 30.6 Å². The summed E-state index contributed by atoms with van der Waals surface area (Å²) in [7, 11) is 0. The van der Waals surface area contributed by atoms with Crippen LogP contribution in [0.15, 0.2) is 48.7 Å². The summed E-state index contributed by atoms with van der Waals surface area (Å²) in [4.78, 5) is 4.36. The van der Waals surface area contributed by atoms with Crippen LogP contribution in [0.25, 0.3) is 0 Å². The summed E-state index contributed by atoms with van der Waals surface area (Å²) in [5.74, 6) is 0.715. The smallest absolute Gasteiger partial charge is 0.218 e. The summed E-state index contributed by atoms with van der Waals surface area (Å²) >= 11 is 0. The molecule has 0 aliphatic heterocycles. The Labute approximate surface area is 121 Å². The lowest BCUT2D eigenvalue weighted by molar-refractivity contribution is 0.214. The minimum atomic E-state index is -0.00368. The molecule has 1 aromatic carbocycles. The van der Waals surface area contributed by atoms with Gasteiger partial charge < -0.3 is 10.1 Å². The maximum atomic E-state index is 6.01. The highest BCUT2D eigenvalue weighted by atomic mass is 16.5. The molecule has 106 valence electrons. The van der Waals surface area contributed by atoms with Crippen molar-refractivity contribution >= 4 is 0 Å². The van der Waals surface area contributed by atoms with Crippen molar-refractivity contribution in [3.63, 3.8) is 0 Å². The zero-order chi connectivity index (χ0) is 14.2. The van der Waals surface area contributed by atoms with Gasteiger partial charge in [0.25, 0.3) is 0 Å². The fourth-order valence-corrected chi connectivity index (χ4v) is 2.02. The molecule has 2 rings (SSSR count). The number of rotatable bonds is 7. The Morgan fingerprint density at radius 3 is 2.70 bits per heavy atom. The second kappa shape index (κ2) is 7.65. The van der Waals surface area contributed by atoms with E-state index in [2.05, 4.69) is 35.4 Å². The zero-order valence-electron chi connectivity index (χ0n) is 12.2. The Balaban J connectivity index is 2.05. The molecule has 1 atom stereocenters. The topological polar surface area (TPSA) is 34.2 Å². The maximum absolute atomic E-state index is 6.01. The van der Waals surface area contributed by atoms with Crippen LogP contribution in [0.1, 0.15) is 37.5 Å². The summed E-state index contributed by atoms with van der Waals surface area (Å²) in [6.07, 6.45) is 2.89. The molecule has 1 aromatic heterocycles. The van der Waals surface area contributed by atoms with Gasteiger partial charge in [-0.05, 0) is 31.5 Å². The third-order valence-corrected chi connectivity index (χ3v) is 3.15. The van der Waals surface area contributed by atoms with E-state index in [0.29, 0.717) is 5.88 Å². The average molecular weight is 270 g/mol. The van der Waals surface area contributed by atoms with Crippen LogP contribution in [-0.4, -0.2) is 11.5 Å². The summed E-state index contributed by atoms with van der Waals surface area (Å²) < 4.78 is 6.01. The molecule has 0 saturated carbocycles. The van der Waals surface area contributed by atoms with Crippen LogP contribution in [0, 0.1) is 0 Å². The van der Waals surface area contributed by atoms with Gasteiger partial charge in [-0.3, -0.25) is 0 Å². The number of hydrogen-bond acceptors (Lipinski definition) is 3. The fraction of sp³-hybridized carbons (Fsp3) is 0.353. The van der Waals surface area contributed by atoms with Gasteiger partial charge in [0.1, 0.15) is 6.10 Å². The van der Waals surface area contributed by atoms with E-state index < -0.39 is 0 Å². The molecular formula is C17H22N2O. The molecule has 1 heterocycles. The minimum absolute atomic E-state index is 0.00368. The number of nitrogens with zero attached hydrogens (tertiary/aromatic N) is 1. The molecule has 0 bridgehead atoms. The van der Waals surface area contributed by atoms with Crippen molar-refractivity contribution in [1.29, 1.82) is 0 Å². The SMILES string of the molecule is CCCNCc1cccnc1OC(C)c1ccccc1. The molecule has 0 spiro atoms. The molecular weight excluding hydrogens is 248 g/mol. The second-order valence-electron chi connectivity index (χ2n) is 4.82. The van der Waals surface area contributed by atoms with Gasteiger partial charge in [0.15, 0.2) is 0 Å². The van der Waals surface area contributed by atoms with Crippen molar-refractivity contribution in [2.75, 3.05) is 6.54 Å². The zero-order valence-corrected chi connectivity index (χ0v) is 12.2. The van der Waals surface area contributed by atoms with E-state index in [1.807, 2.05) is 31.2 Å². The lowest BCUT2D eigenvalue weighted by Crippen LogP contribution is -2.15. The Morgan fingerprint density at radius 2 is 1.95 bits per heavy atom. The highest BCUT2D eigenvalue weighted by molar-refractivity contribution is 5.27. The van der Waals surface area contributed by atoms with Crippen LogP contribution in [0.3, 0.4) is 0 Å². The van der Waals surface area contributed by atoms with Gasteiger partial charge in [-0.2, -0.15) is 0 Å². The summed E-state index contributed by atoms with van der Waals surface area (Å²) in [6, 6.07) is 14.2. The van der Waals surface area contributed by atoms with E-state index in [1.165, 1.54) is 0 Å². The van der Waals surface area contributed by atoms with Gasteiger partial charge in [0.2, 0.25) is 5.88 Å². The van der Waals surface area contributed by atoms with Crippen molar-refractivity contribution in [1.82, 2.24) is 10.3 Å². The number of hydrogen-bond donors (Lipinski definition) is 1. The maximum Gasteiger partial charge on any atom is 0.218 e. The van der Waals surface area contributed by atoms with E-state index >= 15 is 0 Å². The normalized spacial score (nSPS) is 12.1. The largest absolute Gasteiger partial charge is 0.470 e. The molecule has 1 unspecified atom stereocenters. The quantitative estimate of drug-likeness (QED) is 0.779. The molecule has 1 N–H and O–H groups in total. The third-order valence-electron chi connectivity index (χ3n) is 3.15. The third kappa shape index (κ3) is 4.07. The first-order chi connectivity index (χ1) is 9.81. The number of nitrogens with one attached hydrogen (secondary N) is 1. The number of ether oxygens (including phenoxy) is 1. The Morgan fingerprint density at radius 1 is 1.15 bits per heavy atom. The lowest BCUT2D eigenvalue weighted by Gasteiger charge is -2.16. The Bertz CT molecular complexity index is 513. The molecule has 0 aliphatic carbocycles. The van der Waals surface area contributed by atoms with Crippen molar-refractivity contribution in [2.45, 2.75) is 32.9 Å². The predicted octanol–water partition coefficient (Wildman–Crippen LogP) is 3.72. The highest BCUT2D eigenvalue weighted by Crippen LogP contribution is 2.22. The first kappa shape index (κ1) is 14.5. The first-order valence-corrected chi connectivity index (χ1v) is 7.17. The molecule has 0 amide bonds. The first-order valence-electron chi connectivity index (χ1n) is 7.17. The van der Waals surface area contributed by atoms with Crippen LogP contribution in [-0.2, 0) is 6.54 Å². The second-order valence-corrected chi connectivity index (χ2v) is 4.82. The van der Waals surface area contributed by atoms with Crippen LogP contribution in [0.4, 0.5) is 0 Å². The van der Waals surface area contributed by atoms with Crippen LogP contribution in [0.5, 0.6) is 5.88 Å². The van der Waals surface area contributed by atoms with Gasteiger partial charge in [-0.25, -0.2) is 4.98 Å². The van der Waals surface area contributed by atoms with E-state index in [-0.39, 0.29) is 6.10 Å². The fourth-order valence-electron chi connectivity index (χ4n) is 2.02. The lowest BCUT2D eigenvalue weighted by atomic mass is 10.1. The standard InChI is InChI=1S/C17H22N2O/c1-3-11-18-13-16-10-7-12-19-17(16)20-14(2)15-8-5-4-6-9-15/h4-10,12,14,18H,3,11,13H2,1-2H3. The molecule has 3 heteroatoms. The van der Waals surface area contributed by atoms with Gasteiger partial charge in [0, 0.05) is 18.3 Å². The number of benzene rings is 1. The summed E-state index contributed by atoms with van der Waals surface area (Å²) in [6.45, 7) is 6.00. The molecule has 0 aliphatic rings. The highest BCUT2D eigenvalue weighted by Gasteiger charge is 2.10. The van der Waals surface area contributed by atoms with Crippen LogP contribution < -0.4 is 10.1 Å². The molecule has 3 nitrogen and oxygen atoms in total. The molecule has 20 heavy (non-hydrogen) atoms. The van der Waals surface area contributed by atoms with Crippen molar-refractivity contribution in [3.8, 4) is 5.88 Å². The molecule has 0 fully saturated rings. The van der Waals surface area contributed by atoms with Crippen molar-refractivity contribution < 1.29 is 4.74 Å². The van der Waals surface area contributed by atoms with E-state index in [4.69, 9.17) is 4.74 Å². The average Bonchev–Trinajstić information content (AvgIpc) is 2.50. The van der Waals surface area contributed by atoms with Gasteiger partial charge in [-0.15, -0.1) is 0 Å². The van der Waals surface area contributed by atoms with Gasteiger partial charge in [-0.1, -0.05) is 43.3 Å². The van der Waals surface area contributed by atoms with Crippen LogP contribution in [0.2, 0.25) is 0 Å². The number of aromatic nitrogens is 1. The monoisotopic (exact) mass is 270 g/mol. The summed E-state index contributed by atoms with van der Waals surface area (Å²) in [5.41, 5.74) is 2.26. The van der Waals surface area contributed by atoms with E-state index in [9.17, 15) is 0 Å². The number of pyridine rings is 1. The van der Waals surface area contributed by atoms with Crippen LogP contribution >= 0.6 is 0 Å². The van der Waals surface area contributed by atoms with Gasteiger partial charge in [0.05, 0.1) is 0 Å². The molecule has 0 saturated heterocycles. The predicted molar refractivity (Wildman–Crippen MR) is 81.7 cm³/mol. The molecule has 0 radical (unpaired) electrons. The Hall–Kier alpha value is -1.87. The van der Waals surface area contributed by atoms with E-state index in [1.54, 1.807) is 6.20 Å². The van der Waals surface area contributed by atoms with Gasteiger partial charge >= 0.3 is 0 Å². The molecule has 2 aromatic rings. The summed E-state index contributed by atoms with van der Waals surface area (Å²) in [5, 5.41) is 3.38. The minimum Gasteiger partial charge on any atom is -0.470 e. The van der Waals surface area contributed by atoms with Crippen molar-refractivity contribution in [2.24, 2.45) is 0 Å². The van der Waals surface area contributed by atoms with Crippen molar-refractivity contribution in [3.05, 3.63) is 59.8 Å². The Kier molecular flexibility index (Phi) is 5.56.